The second kappa shape index (κ2) is 10.7. The van der Waals surface area contributed by atoms with Gasteiger partial charge < -0.3 is 14.8 Å². The number of nitrogens with one attached hydrogen (secondary N) is 3. The molecule has 0 spiro atoms. The fourth-order valence-electron chi connectivity index (χ4n) is 3.14. The van der Waals surface area contributed by atoms with Gasteiger partial charge in [0.15, 0.2) is 0 Å². The zero-order valence-corrected chi connectivity index (χ0v) is 17.3. The van der Waals surface area contributed by atoms with Crippen LogP contribution in [0, 0.1) is 11.8 Å². The van der Waals surface area contributed by atoms with Crippen LogP contribution in [0.15, 0.2) is 30.3 Å². The fourth-order valence-corrected chi connectivity index (χ4v) is 3.14. The first-order valence-electron chi connectivity index (χ1n) is 9.96. The molecule has 8 nitrogen and oxygen atoms in total. The van der Waals surface area contributed by atoms with E-state index in [1.165, 1.54) is 0 Å². The average Bonchev–Trinajstić information content (AvgIpc) is 2.69. The number of hydrogen-bond acceptors (Lipinski definition) is 5. The molecule has 1 saturated carbocycles. The quantitative estimate of drug-likeness (QED) is 0.515. The minimum Gasteiger partial charge on any atom is -0.461 e. The summed E-state index contributed by atoms with van der Waals surface area (Å²) in [6.07, 6.45) is 2.45. The molecule has 3 N–H and O–H groups in total. The monoisotopic (exact) mass is 405 g/mol. The molecule has 0 aliphatic heterocycles. The maximum absolute atomic E-state index is 12.2. The van der Waals surface area contributed by atoms with Gasteiger partial charge in [0.1, 0.15) is 12.2 Å². The summed E-state index contributed by atoms with van der Waals surface area (Å²) in [4.78, 5) is 35.5. The van der Waals surface area contributed by atoms with Crippen molar-refractivity contribution in [2.45, 2.75) is 58.7 Å². The molecule has 3 amide bonds. The molecule has 0 unspecified atom stereocenters. The van der Waals surface area contributed by atoms with E-state index in [0.717, 1.165) is 31.2 Å². The Bertz CT molecular complexity index is 679. The van der Waals surface area contributed by atoms with E-state index in [1.807, 2.05) is 30.3 Å². The molecule has 1 fully saturated rings. The third-order valence-corrected chi connectivity index (χ3v) is 4.63. The van der Waals surface area contributed by atoms with Crippen molar-refractivity contribution in [1.29, 1.82) is 0 Å². The molecule has 1 aromatic carbocycles. The number of urea groups is 1. The van der Waals surface area contributed by atoms with Crippen molar-refractivity contribution in [3.8, 4) is 0 Å². The number of carbonyl (C=O) groups is 3. The summed E-state index contributed by atoms with van der Waals surface area (Å²) in [6, 6.07) is 9.12. The first kappa shape index (κ1) is 22.5. The molecule has 1 aromatic rings. The predicted molar refractivity (Wildman–Crippen MR) is 108 cm³/mol. The van der Waals surface area contributed by atoms with Gasteiger partial charge in [0.25, 0.3) is 0 Å². The van der Waals surface area contributed by atoms with Crippen LogP contribution in [0.5, 0.6) is 0 Å². The Balaban J connectivity index is 1.59. The molecule has 8 heteroatoms. The highest BCUT2D eigenvalue weighted by atomic mass is 16.6. The molecule has 29 heavy (non-hydrogen) atoms. The third-order valence-electron chi connectivity index (χ3n) is 4.63. The average molecular weight is 405 g/mol. The third kappa shape index (κ3) is 8.85. The lowest BCUT2D eigenvalue weighted by atomic mass is 9.82. The predicted octanol–water partition coefficient (Wildman–Crippen LogP) is 3.28. The minimum absolute atomic E-state index is 0.0855. The highest BCUT2D eigenvalue weighted by molar-refractivity contribution is 5.77. The smallest absolute Gasteiger partial charge is 0.426 e. The number of rotatable bonds is 5. The summed E-state index contributed by atoms with van der Waals surface area (Å²) in [6.45, 7) is 5.99. The highest BCUT2D eigenvalue weighted by Gasteiger charge is 2.27. The van der Waals surface area contributed by atoms with Crippen LogP contribution in [-0.4, -0.2) is 30.2 Å². The largest absolute Gasteiger partial charge is 0.461 e. The number of benzene rings is 1. The van der Waals surface area contributed by atoms with E-state index in [-0.39, 0.29) is 11.9 Å². The fraction of sp³-hybridized carbons (Fsp3) is 0.571. The summed E-state index contributed by atoms with van der Waals surface area (Å²) >= 11 is 0. The lowest BCUT2D eigenvalue weighted by Gasteiger charge is -2.27. The number of hydrazine groups is 1. The SMILES string of the molecule is CC(C)(C)OC(=O)NNC(=O)NCC1CCC(C(=O)OCc2ccccc2)CC1. The molecular formula is C21H31N3O5. The number of hydrogen-bond donors (Lipinski definition) is 3. The molecule has 0 bridgehead atoms. The van der Waals surface area contributed by atoms with Crippen molar-refractivity contribution in [2.75, 3.05) is 6.54 Å². The van der Waals surface area contributed by atoms with E-state index >= 15 is 0 Å². The Morgan fingerprint density at radius 1 is 1.00 bits per heavy atom. The Hall–Kier alpha value is -2.77. The highest BCUT2D eigenvalue weighted by Crippen LogP contribution is 2.29. The van der Waals surface area contributed by atoms with Gasteiger partial charge in [0.05, 0.1) is 5.92 Å². The van der Waals surface area contributed by atoms with E-state index < -0.39 is 17.7 Å². The second-order valence-corrected chi connectivity index (χ2v) is 8.27. The normalized spacial score (nSPS) is 19.0. The van der Waals surface area contributed by atoms with Gasteiger partial charge >= 0.3 is 18.1 Å². The standard InChI is InChI=1S/C21H31N3O5/c1-21(2,3)29-20(27)24-23-19(26)22-13-15-9-11-17(12-10-15)18(25)28-14-16-7-5-4-6-8-16/h4-8,15,17H,9-14H2,1-3H3,(H,24,27)(H2,22,23,26). The van der Waals surface area contributed by atoms with Gasteiger partial charge in [-0.3, -0.25) is 4.79 Å². The van der Waals surface area contributed by atoms with Gasteiger partial charge in [0.2, 0.25) is 0 Å². The zero-order valence-electron chi connectivity index (χ0n) is 17.3. The summed E-state index contributed by atoms with van der Waals surface area (Å²) in [5.41, 5.74) is 4.79. The van der Waals surface area contributed by atoms with Gasteiger partial charge in [0, 0.05) is 6.54 Å². The summed E-state index contributed by atoms with van der Waals surface area (Å²) in [5.74, 6) is 0.0534. The lowest BCUT2D eigenvalue weighted by Crippen LogP contribution is -2.49. The van der Waals surface area contributed by atoms with Crippen LogP contribution in [0.3, 0.4) is 0 Å². The van der Waals surface area contributed by atoms with E-state index in [4.69, 9.17) is 9.47 Å². The second-order valence-electron chi connectivity index (χ2n) is 8.27. The minimum atomic E-state index is -0.720. The van der Waals surface area contributed by atoms with Crippen molar-refractivity contribution in [3.05, 3.63) is 35.9 Å². The molecule has 0 atom stereocenters. The van der Waals surface area contributed by atoms with Crippen LogP contribution in [0.2, 0.25) is 0 Å². The van der Waals surface area contributed by atoms with E-state index in [2.05, 4.69) is 16.2 Å². The first-order chi connectivity index (χ1) is 13.7. The maximum Gasteiger partial charge on any atom is 0.426 e. The molecule has 0 saturated heterocycles. The molecule has 1 aliphatic rings. The summed E-state index contributed by atoms with van der Waals surface area (Å²) in [5, 5.41) is 2.72. The van der Waals surface area contributed by atoms with Gasteiger partial charge in [-0.15, -0.1) is 0 Å². The van der Waals surface area contributed by atoms with Crippen LogP contribution in [0.25, 0.3) is 0 Å². The Morgan fingerprint density at radius 2 is 1.66 bits per heavy atom. The van der Waals surface area contributed by atoms with Crippen molar-refractivity contribution in [1.82, 2.24) is 16.2 Å². The van der Waals surface area contributed by atoms with Gasteiger partial charge in [-0.1, -0.05) is 30.3 Å². The number of ether oxygens (including phenoxy) is 2. The molecule has 0 radical (unpaired) electrons. The van der Waals surface area contributed by atoms with Crippen molar-refractivity contribution in [3.63, 3.8) is 0 Å². The number of carbonyl (C=O) groups excluding carboxylic acids is 3. The molecular weight excluding hydrogens is 374 g/mol. The van der Waals surface area contributed by atoms with Crippen LogP contribution < -0.4 is 16.2 Å². The topological polar surface area (TPSA) is 106 Å². The molecule has 0 heterocycles. The lowest BCUT2D eigenvalue weighted by molar-refractivity contribution is -0.151. The summed E-state index contributed by atoms with van der Waals surface area (Å²) < 4.78 is 10.4. The molecule has 0 aromatic heterocycles. The van der Waals surface area contributed by atoms with Crippen molar-refractivity contribution < 1.29 is 23.9 Å². The Kier molecular flexibility index (Phi) is 8.30. The van der Waals surface area contributed by atoms with Crippen LogP contribution in [0.4, 0.5) is 9.59 Å². The first-order valence-corrected chi connectivity index (χ1v) is 9.96. The van der Waals surface area contributed by atoms with Crippen molar-refractivity contribution in [2.24, 2.45) is 11.8 Å². The Morgan fingerprint density at radius 3 is 2.28 bits per heavy atom. The van der Waals surface area contributed by atoms with Gasteiger partial charge in [-0.25, -0.2) is 20.4 Å². The Labute approximate surface area is 171 Å². The van der Waals surface area contributed by atoms with E-state index in [0.29, 0.717) is 19.1 Å². The zero-order chi connectivity index (χ0) is 21.3. The summed E-state index contributed by atoms with van der Waals surface area (Å²) in [7, 11) is 0. The maximum atomic E-state index is 12.2. The van der Waals surface area contributed by atoms with E-state index in [1.54, 1.807) is 20.8 Å². The van der Waals surface area contributed by atoms with Gasteiger partial charge in [-0.05, 0) is 57.9 Å². The van der Waals surface area contributed by atoms with Crippen LogP contribution in [0.1, 0.15) is 52.0 Å². The number of amides is 3. The van der Waals surface area contributed by atoms with Crippen molar-refractivity contribution >= 4 is 18.1 Å². The molecule has 1 aliphatic carbocycles. The molecule has 2 rings (SSSR count). The van der Waals surface area contributed by atoms with Crippen LogP contribution >= 0.6 is 0 Å². The van der Waals surface area contributed by atoms with E-state index in [9.17, 15) is 14.4 Å². The molecule has 160 valence electrons. The van der Waals surface area contributed by atoms with Gasteiger partial charge in [-0.2, -0.15) is 0 Å². The number of esters is 1. The van der Waals surface area contributed by atoms with Crippen LogP contribution in [-0.2, 0) is 20.9 Å².